The van der Waals surface area contributed by atoms with Crippen LogP contribution in [-0.2, 0) is 0 Å². The molecule has 1 aromatic carbocycles. The van der Waals surface area contributed by atoms with Gasteiger partial charge in [-0.2, -0.15) is 0 Å². The first-order valence-corrected chi connectivity index (χ1v) is 5.92. The zero-order valence-electron chi connectivity index (χ0n) is 10.4. The first kappa shape index (κ1) is 11.5. The third kappa shape index (κ3) is 2.08. The van der Waals surface area contributed by atoms with Crippen molar-refractivity contribution < 1.29 is 9.90 Å². The number of imidazole rings is 1. The molecule has 0 saturated carbocycles. The van der Waals surface area contributed by atoms with Gasteiger partial charge in [0.05, 0.1) is 11.3 Å². The molecule has 4 nitrogen and oxygen atoms in total. The average molecular weight is 252 g/mol. The number of carboxylic acids is 1. The highest BCUT2D eigenvalue weighted by Gasteiger charge is 2.08. The smallest absolute Gasteiger partial charge is 0.335 e. The minimum Gasteiger partial charge on any atom is -0.478 e. The molecule has 2 heterocycles. The van der Waals surface area contributed by atoms with Crippen LogP contribution < -0.4 is 0 Å². The summed E-state index contributed by atoms with van der Waals surface area (Å²) in [6.07, 6.45) is 3.61. The monoisotopic (exact) mass is 252 g/mol. The van der Waals surface area contributed by atoms with Crippen LogP contribution in [0.1, 0.15) is 15.9 Å². The van der Waals surface area contributed by atoms with Gasteiger partial charge in [-0.3, -0.25) is 0 Å². The summed E-state index contributed by atoms with van der Waals surface area (Å²) in [7, 11) is 0. The number of hydrogen-bond acceptors (Lipinski definition) is 2. The fraction of sp³-hybridized carbons (Fsp3) is 0.0667. The van der Waals surface area contributed by atoms with Crippen LogP contribution >= 0.6 is 0 Å². The molecule has 0 saturated heterocycles. The highest BCUT2D eigenvalue weighted by Crippen LogP contribution is 2.20. The summed E-state index contributed by atoms with van der Waals surface area (Å²) in [4.78, 5) is 15.4. The Kier molecular flexibility index (Phi) is 2.56. The second-order valence-electron chi connectivity index (χ2n) is 4.48. The summed E-state index contributed by atoms with van der Waals surface area (Å²) in [5.41, 5.74) is 3.91. The zero-order chi connectivity index (χ0) is 13.4. The van der Waals surface area contributed by atoms with Gasteiger partial charge in [0.25, 0.3) is 0 Å². The molecule has 0 amide bonds. The molecule has 3 rings (SSSR count). The number of rotatable bonds is 2. The third-order valence-corrected chi connectivity index (χ3v) is 3.02. The van der Waals surface area contributed by atoms with E-state index in [0.29, 0.717) is 5.65 Å². The van der Waals surface area contributed by atoms with E-state index in [4.69, 9.17) is 5.11 Å². The average Bonchev–Trinajstić information content (AvgIpc) is 2.81. The fourth-order valence-corrected chi connectivity index (χ4v) is 2.06. The molecule has 0 spiro atoms. The van der Waals surface area contributed by atoms with E-state index in [0.717, 1.165) is 11.3 Å². The van der Waals surface area contributed by atoms with Crippen molar-refractivity contribution in [2.24, 2.45) is 0 Å². The SMILES string of the molecule is Cc1cccc(-c2cn3ccc(C(=O)O)cc3n2)c1. The Balaban J connectivity index is 2.14. The Morgan fingerprint density at radius 3 is 2.84 bits per heavy atom. The Morgan fingerprint density at radius 2 is 2.11 bits per heavy atom. The summed E-state index contributed by atoms with van der Waals surface area (Å²) in [6.45, 7) is 2.03. The van der Waals surface area contributed by atoms with E-state index in [1.165, 1.54) is 5.56 Å². The summed E-state index contributed by atoms with van der Waals surface area (Å²) in [5.74, 6) is -0.942. The molecule has 94 valence electrons. The van der Waals surface area contributed by atoms with E-state index in [2.05, 4.69) is 11.1 Å². The number of nitrogens with zero attached hydrogens (tertiary/aromatic N) is 2. The van der Waals surface area contributed by atoms with Crippen LogP contribution in [0.2, 0.25) is 0 Å². The number of aryl methyl sites for hydroxylation is 1. The molecule has 0 fully saturated rings. The van der Waals surface area contributed by atoms with E-state index < -0.39 is 5.97 Å². The summed E-state index contributed by atoms with van der Waals surface area (Å²) < 4.78 is 1.82. The predicted octanol–water partition coefficient (Wildman–Crippen LogP) is 3.01. The molecule has 0 bridgehead atoms. The van der Waals surface area contributed by atoms with Gasteiger partial charge >= 0.3 is 5.97 Å². The lowest BCUT2D eigenvalue weighted by Gasteiger charge is -1.96. The van der Waals surface area contributed by atoms with Crippen LogP contribution in [-0.4, -0.2) is 20.5 Å². The lowest BCUT2D eigenvalue weighted by atomic mass is 10.1. The molecule has 0 unspecified atom stereocenters. The Hall–Kier alpha value is -2.62. The topological polar surface area (TPSA) is 54.6 Å². The molecule has 0 aliphatic rings. The predicted molar refractivity (Wildman–Crippen MR) is 72.3 cm³/mol. The number of benzene rings is 1. The molecule has 1 N–H and O–H groups in total. The van der Waals surface area contributed by atoms with Crippen molar-refractivity contribution in [2.75, 3.05) is 0 Å². The lowest BCUT2D eigenvalue weighted by molar-refractivity contribution is 0.0697. The molecule has 19 heavy (non-hydrogen) atoms. The first-order valence-electron chi connectivity index (χ1n) is 5.92. The molecule has 3 aromatic rings. The van der Waals surface area contributed by atoms with E-state index in [1.54, 1.807) is 18.3 Å². The Morgan fingerprint density at radius 1 is 1.26 bits per heavy atom. The number of fused-ring (bicyclic) bond motifs is 1. The molecule has 4 heteroatoms. The summed E-state index contributed by atoms with van der Waals surface area (Å²) in [6, 6.07) is 11.2. The Bertz CT molecular complexity index is 775. The maximum Gasteiger partial charge on any atom is 0.335 e. The van der Waals surface area contributed by atoms with Gasteiger partial charge in [-0.15, -0.1) is 0 Å². The molecule has 2 aromatic heterocycles. The normalized spacial score (nSPS) is 10.8. The lowest BCUT2D eigenvalue weighted by Crippen LogP contribution is -1.96. The van der Waals surface area contributed by atoms with Crippen LogP contribution in [0, 0.1) is 6.92 Å². The number of carbonyl (C=O) groups is 1. The number of aromatic nitrogens is 2. The minimum atomic E-state index is -0.942. The van der Waals surface area contributed by atoms with E-state index in [9.17, 15) is 4.79 Å². The molecule has 0 aliphatic carbocycles. The number of hydrogen-bond donors (Lipinski definition) is 1. The molecular weight excluding hydrogens is 240 g/mol. The van der Waals surface area contributed by atoms with Crippen molar-refractivity contribution >= 4 is 11.6 Å². The minimum absolute atomic E-state index is 0.244. The van der Waals surface area contributed by atoms with Gasteiger partial charge in [0, 0.05) is 18.0 Å². The van der Waals surface area contributed by atoms with Crippen LogP contribution in [0.15, 0.2) is 48.8 Å². The molecule has 0 aliphatic heterocycles. The molecule has 0 atom stereocenters. The number of carboxylic acid groups (broad SMARTS) is 1. The Labute approximate surface area is 110 Å². The summed E-state index contributed by atoms with van der Waals surface area (Å²) in [5, 5.41) is 8.97. The second-order valence-corrected chi connectivity index (χ2v) is 4.48. The fourth-order valence-electron chi connectivity index (χ4n) is 2.06. The summed E-state index contributed by atoms with van der Waals surface area (Å²) >= 11 is 0. The van der Waals surface area contributed by atoms with Gasteiger partial charge in [-0.1, -0.05) is 23.8 Å². The number of aromatic carboxylic acids is 1. The second kappa shape index (κ2) is 4.24. The molecule has 0 radical (unpaired) electrons. The maximum absolute atomic E-state index is 10.9. The number of pyridine rings is 1. The standard InChI is InChI=1S/C15H12N2O2/c1-10-3-2-4-11(7-10)13-9-17-6-5-12(15(18)19)8-14(17)16-13/h2-9H,1H3,(H,18,19). The largest absolute Gasteiger partial charge is 0.478 e. The van der Waals surface area contributed by atoms with Crippen molar-refractivity contribution in [1.82, 2.24) is 9.38 Å². The first-order chi connectivity index (χ1) is 9.13. The van der Waals surface area contributed by atoms with Crippen LogP contribution in [0.25, 0.3) is 16.9 Å². The van der Waals surface area contributed by atoms with Crippen molar-refractivity contribution in [2.45, 2.75) is 6.92 Å². The van der Waals surface area contributed by atoms with Crippen molar-refractivity contribution in [3.05, 3.63) is 59.9 Å². The van der Waals surface area contributed by atoms with Gasteiger partial charge in [-0.25, -0.2) is 9.78 Å². The zero-order valence-corrected chi connectivity index (χ0v) is 10.4. The van der Waals surface area contributed by atoms with Gasteiger partial charge < -0.3 is 9.51 Å². The quantitative estimate of drug-likeness (QED) is 0.762. The van der Waals surface area contributed by atoms with Gasteiger partial charge in [0.1, 0.15) is 5.65 Å². The van der Waals surface area contributed by atoms with E-state index >= 15 is 0 Å². The van der Waals surface area contributed by atoms with Crippen molar-refractivity contribution in [1.29, 1.82) is 0 Å². The van der Waals surface area contributed by atoms with E-state index in [1.807, 2.05) is 35.7 Å². The highest BCUT2D eigenvalue weighted by molar-refractivity contribution is 5.88. The third-order valence-electron chi connectivity index (χ3n) is 3.02. The van der Waals surface area contributed by atoms with Crippen molar-refractivity contribution in [3.8, 4) is 11.3 Å². The van der Waals surface area contributed by atoms with Crippen LogP contribution in [0.3, 0.4) is 0 Å². The van der Waals surface area contributed by atoms with Gasteiger partial charge in [-0.05, 0) is 25.1 Å². The van der Waals surface area contributed by atoms with Crippen LogP contribution in [0.4, 0.5) is 0 Å². The maximum atomic E-state index is 10.9. The van der Waals surface area contributed by atoms with E-state index in [-0.39, 0.29) is 5.56 Å². The van der Waals surface area contributed by atoms with Crippen LogP contribution in [0.5, 0.6) is 0 Å². The highest BCUT2D eigenvalue weighted by atomic mass is 16.4. The molecular formula is C15H12N2O2. The van der Waals surface area contributed by atoms with Crippen molar-refractivity contribution in [3.63, 3.8) is 0 Å². The van der Waals surface area contributed by atoms with Gasteiger partial charge in [0.15, 0.2) is 0 Å². The van der Waals surface area contributed by atoms with Gasteiger partial charge in [0.2, 0.25) is 0 Å².